The lowest BCUT2D eigenvalue weighted by molar-refractivity contribution is -0.137. The molecule has 0 atom stereocenters. The summed E-state index contributed by atoms with van der Waals surface area (Å²) in [6.07, 6.45) is -1.14. The fourth-order valence-corrected chi connectivity index (χ4v) is 5.97. The first-order valence-electron chi connectivity index (χ1n) is 11.9. The molecule has 0 saturated carbocycles. The molecule has 2 aromatic heterocycles. The van der Waals surface area contributed by atoms with Crippen molar-refractivity contribution in [3.8, 4) is 0 Å². The van der Waals surface area contributed by atoms with Crippen molar-refractivity contribution >= 4 is 20.9 Å². The van der Waals surface area contributed by atoms with Gasteiger partial charge in [-0.05, 0) is 47.5 Å². The van der Waals surface area contributed by atoms with E-state index in [4.69, 9.17) is 0 Å². The van der Waals surface area contributed by atoms with Crippen LogP contribution >= 0.6 is 0 Å². The number of hydrogen-bond acceptors (Lipinski definition) is 3. The van der Waals surface area contributed by atoms with E-state index in [1.807, 2.05) is 42.5 Å². The molecule has 0 bridgehead atoms. The predicted octanol–water partition coefficient (Wildman–Crippen LogP) is 6.49. The second kappa shape index (κ2) is 10.4. The highest BCUT2D eigenvalue weighted by molar-refractivity contribution is 7.89. The van der Waals surface area contributed by atoms with Crippen LogP contribution in [0.4, 0.5) is 13.2 Å². The number of aromatic nitrogens is 2. The van der Waals surface area contributed by atoms with Gasteiger partial charge in [0.05, 0.1) is 17.6 Å². The molecule has 5 aromatic rings. The number of para-hydroxylation sites is 1. The Kier molecular flexibility index (Phi) is 7.05. The van der Waals surface area contributed by atoms with E-state index in [1.54, 1.807) is 53.4 Å². The summed E-state index contributed by atoms with van der Waals surface area (Å²) in [6.45, 7) is 0.300. The number of rotatable bonds is 8. The molecule has 0 unspecified atom stereocenters. The first kappa shape index (κ1) is 25.7. The SMILES string of the molecule is O=S(=O)(c1cccc2cccnc12)N(Cc1ccccc1)Cc1cccn1Cc1cccc(C(F)(F)F)c1. The van der Waals surface area contributed by atoms with E-state index in [1.165, 1.54) is 10.4 Å². The van der Waals surface area contributed by atoms with Crippen LogP contribution in [0, 0.1) is 0 Å². The van der Waals surface area contributed by atoms with Crippen LogP contribution in [0.1, 0.15) is 22.4 Å². The minimum absolute atomic E-state index is 0.0202. The van der Waals surface area contributed by atoms with Crippen molar-refractivity contribution in [3.63, 3.8) is 0 Å². The van der Waals surface area contributed by atoms with E-state index in [-0.39, 0.29) is 24.5 Å². The molecular formula is C29H24F3N3O2S. The van der Waals surface area contributed by atoms with Gasteiger partial charge < -0.3 is 4.57 Å². The third-order valence-electron chi connectivity index (χ3n) is 6.28. The van der Waals surface area contributed by atoms with Crippen molar-refractivity contribution in [2.75, 3.05) is 0 Å². The van der Waals surface area contributed by atoms with Gasteiger partial charge in [0.2, 0.25) is 10.0 Å². The average Bonchev–Trinajstić information content (AvgIpc) is 3.34. The van der Waals surface area contributed by atoms with E-state index in [0.717, 1.165) is 17.7 Å². The van der Waals surface area contributed by atoms with Crippen LogP contribution in [0.3, 0.4) is 0 Å². The van der Waals surface area contributed by atoms with Crippen LogP contribution in [0.25, 0.3) is 10.9 Å². The van der Waals surface area contributed by atoms with E-state index < -0.39 is 21.8 Å². The Morgan fingerprint density at radius 3 is 2.32 bits per heavy atom. The molecule has 3 aromatic carbocycles. The van der Waals surface area contributed by atoms with Gasteiger partial charge >= 0.3 is 6.18 Å². The minimum atomic E-state index is -4.44. The summed E-state index contributed by atoms with van der Waals surface area (Å²) in [5, 5.41) is 0.709. The lowest BCUT2D eigenvalue weighted by Crippen LogP contribution is -2.31. The van der Waals surface area contributed by atoms with Crippen LogP contribution < -0.4 is 0 Å². The summed E-state index contributed by atoms with van der Waals surface area (Å²) in [4.78, 5) is 4.43. The Hall–Kier alpha value is -3.95. The van der Waals surface area contributed by atoms with Gasteiger partial charge in [-0.2, -0.15) is 17.5 Å². The molecule has 38 heavy (non-hydrogen) atoms. The van der Waals surface area contributed by atoms with E-state index in [0.29, 0.717) is 22.2 Å². The van der Waals surface area contributed by atoms with Crippen molar-refractivity contribution in [3.05, 3.63) is 132 Å². The summed E-state index contributed by atoms with van der Waals surface area (Å²) in [5.41, 5.74) is 1.58. The Morgan fingerprint density at radius 2 is 1.53 bits per heavy atom. The fourth-order valence-electron chi connectivity index (χ4n) is 4.41. The van der Waals surface area contributed by atoms with Gasteiger partial charge in [0, 0.05) is 36.6 Å². The first-order chi connectivity index (χ1) is 18.2. The first-order valence-corrected chi connectivity index (χ1v) is 13.3. The molecule has 0 spiro atoms. The average molecular weight is 536 g/mol. The van der Waals surface area contributed by atoms with Crippen molar-refractivity contribution in [2.24, 2.45) is 0 Å². The standard InChI is InChI=1S/C29H24F3N3O2S/c30-29(31,32)25-13-4-10-23(18-25)19-34-17-7-14-26(34)21-35(20-22-8-2-1-3-9-22)38(36,37)27-15-5-11-24-12-6-16-33-28(24)27/h1-18H,19-21H2. The lowest BCUT2D eigenvalue weighted by atomic mass is 10.1. The monoisotopic (exact) mass is 535 g/mol. The second-order valence-electron chi connectivity index (χ2n) is 8.92. The number of sulfonamides is 1. The molecule has 194 valence electrons. The molecule has 0 radical (unpaired) electrons. The maximum Gasteiger partial charge on any atom is 0.416 e. The Morgan fingerprint density at radius 1 is 0.789 bits per heavy atom. The molecule has 0 aliphatic rings. The summed E-state index contributed by atoms with van der Waals surface area (Å²) >= 11 is 0. The van der Waals surface area contributed by atoms with Crippen LogP contribution in [0.15, 0.2) is 114 Å². The van der Waals surface area contributed by atoms with Crippen LogP contribution in [0.5, 0.6) is 0 Å². The highest BCUT2D eigenvalue weighted by Crippen LogP contribution is 2.30. The van der Waals surface area contributed by atoms with Crippen LogP contribution in [-0.2, 0) is 35.8 Å². The quantitative estimate of drug-likeness (QED) is 0.228. The van der Waals surface area contributed by atoms with E-state index in [2.05, 4.69) is 4.98 Å². The van der Waals surface area contributed by atoms with Gasteiger partial charge in [-0.25, -0.2) is 8.42 Å². The number of halogens is 3. The third kappa shape index (κ3) is 5.49. The Balaban J connectivity index is 1.51. The highest BCUT2D eigenvalue weighted by atomic mass is 32.2. The molecule has 5 nitrogen and oxygen atoms in total. The number of hydrogen-bond donors (Lipinski definition) is 0. The predicted molar refractivity (Wildman–Crippen MR) is 140 cm³/mol. The molecule has 0 N–H and O–H groups in total. The lowest BCUT2D eigenvalue weighted by Gasteiger charge is -2.24. The van der Waals surface area contributed by atoms with Gasteiger partial charge in [0.1, 0.15) is 4.90 Å². The number of pyridine rings is 1. The molecule has 5 rings (SSSR count). The Bertz CT molecular complexity index is 1660. The van der Waals surface area contributed by atoms with Crippen molar-refractivity contribution in [1.29, 1.82) is 0 Å². The zero-order chi connectivity index (χ0) is 26.8. The fraction of sp³-hybridized carbons (Fsp3) is 0.138. The van der Waals surface area contributed by atoms with Gasteiger partial charge in [-0.3, -0.25) is 4.98 Å². The van der Waals surface area contributed by atoms with Gasteiger partial charge in [-0.1, -0.05) is 60.7 Å². The summed E-state index contributed by atoms with van der Waals surface area (Å²) in [7, 11) is -4.01. The number of fused-ring (bicyclic) bond motifs is 1. The molecule has 0 saturated heterocycles. The number of alkyl halides is 3. The number of nitrogens with zero attached hydrogens (tertiary/aromatic N) is 3. The zero-order valence-corrected chi connectivity index (χ0v) is 21.0. The smallest absolute Gasteiger partial charge is 0.346 e. The summed E-state index contributed by atoms with van der Waals surface area (Å²) in [5.74, 6) is 0. The van der Waals surface area contributed by atoms with Gasteiger partial charge in [0.15, 0.2) is 0 Å². The largest absolute Gasteiger partial charge is 0.416 e. The maximum atomic E-state index is 14.1. The van der Waals surface area contributed by atoms with Gasteiger partial charge in [-0.15, -0.1) is 0 Å². The van der Waals surface area contributed by atoms with E-state index in [9.17, 15) is 21.6 Å². The van der Waals surface area contributed by atoms with E-state index >= 15 is 0 Å². The highest BCUT2D eigenvalue weighted by Gasteiger charge is 2.31. The van der Waals surface area contributed by atoms with Crippen LogP contribution in [-0.4, -0.2) is 22.3 Å². The third-order valence-corrected chi connectivity index (χ3v) is 8.11. The topological polar surface area (TPSA) is 55.2 Å². The second-order valence-corrected chi connectivity index (χ2v) is 10.8. The van der Waals surface area contributed by atoms with Crippen molar-refractivity contribution in [1.82, 2.24) is 13.9 Å². The molecule has 9 heteroatoms. The summed E-state index contributed by atoms with van der Waals surface area (Å²) in [6, 6.07) is 26.5. The molecule has 0 fully saturated rings. The molecule has 0 aliphatic carbocycles. The molecule has 0 amide bonds. The van der Waals surface area contributed by atoms with Crippen LogP contribution in [0.2, 0.25) is 0 Å². The summed E-state index contributed by atoms with van der Waals surface area (Å²) < 4.78 is 70.9. The maximum absolute atomic E-state index is 14.1. The normalized spacial score (nSPS) is 12.3. The van der Waals surface area contributed by atoms with Crippen molar-refractivity contribution in [2.45, 2.75) is 30.7 Å². The molecule has 2 heterocycles. The zero-order valence-electron chi connectivity index (χ0n) is 20.2. The Labute approximate surface area is 218 Å². The van der Waals surface area contributed by atoms with Gasteiger partial charge in [0.25, 0.3) is 0 Å². The molecule has 0 aliphatic heterocycles. The minimum Gasteiger partial charge on any atom is -0.346 e. The van der Waals surface area contributed by atoms with Crippen molar-refractivity contribution < 1.29 is 21.6 Å². The number of benzene rings is 3. The molecular weight excluding hydrogens is 511 g/mol.